The lowest BCUT2D eigenvalue weighted by atomic mass is 9.78. The highest BCUT2D eigenvalue weighted by atomic mass is 79.9. The zero-order valence-electron chi connectivity index (χ0n) is 32.7. The highest BCUT2D eigenvalue weighted by Crippen LogP contribution is 2.35. The van der Waals surface area contributed by atoms with E-state index in [9.17, 15) is 0 Å². The van der Waals surface area contributed by atoms with E-state index in [-0.39, 0.29) is 16.2 Å². The van der Waals surface area contributed by atoms with Gasteiger partial charge in [0.2, 0.25) is 0 Å². The highest BCUT2D eigenvalue weighted by molar-refractivity contribution is 9.10. The molecule has 0 radical (unpaired) electrons. The summed E-state index contributed by atoms with van der Waals surface area (Å²) >= 11 is 3.53. The number of hydrogen-bond acceptors (Lipinski definition) is 5. The zero-order valence-corrected chi connectivity index (χ0v) is 34.3. The quantitative estimate of drug-likeness (QED) is 0.160. The lowest BCUT2D eigenvalue weighted by Crippen LogP contribution is -2.29. The predicted molar refractivity (Wildman–Crippen MR) is 225 cm³/mol. The van der Waals surface area contributed by atoms with Gasteiger partial charge >= 0.3 is 7.12 Å². The Kier molecular flexibility index (Phi) is 16.5. The van der Waals surface area contributed by atoms with Gasteiger partial charge in [-0.15, -0.1) is 0 Å². The van der Waals surface area contributed by atoms with Gasteiger partial charge in [0.1, 0.15) is 0 Å². The molecule has 1 aliphatic heterocycles. The van der Waals surface area contributed by atoms with E-state index in [0.29, 0.717) is 5.46 Å². The Balaban J connectivity index is 0.000000192. The minimum atomic E-state index is -1.38. The van der Waals surface area contributed by atoms with Crippen molar-refractivity contribution in [1.29, 1.82) is 0 Å². The van der Waals surface area contributed by atoms with E-state index in [4.69, 9.17) is 10.0 Å². The summed E-state index contributed by atoms with van der Waals surface area (Å²) in [6, 6.07) is 33.1. The summed E-state index contributed by atoms with van der Waals surface area (Å²) in [4.78, 5) is 7.77. The largest absolute Gasteiger partial charge is 0.488 e. The van der Waals surface area contributed by atoms with Gasteiger partial charge in [-0.05, 0) is 117 Å². The Bertz CT molecular complexity index is 1760. The van der Waals surface area contributed by atoms with Gasteiger partial charge < -0.3 is 15.4 Å². The second-order valence-corrected chi connectivity index (χ2v) is 17.1. The fraction of sp³-hybridized carbons (Fsp3) is 0.378. The number of piperidine rings is 1. The van der Waals surface area contributed by atoms with E-state index in [0.717, 1.165) is 5.92 Å². The van der Waals surface area contributed by atoms with Crippen molar-refractivity contribution in [1.82, 2.24) is 15.3 Å². The van der Waals surface area contributed by atoms with Gasteiger partial charge in [-0.3, -0.25) is 9.97 Å². The molecule has 1 aliphatic rings. The van der Waals surface area contributed by atoms with Crippen molar-refractivity contribution in [3.8, 4) is 11.1 Å². The van der Waals surface area contributed by atoms with Crippen molar-refractivity contribution < 1.29 is 10.0 Å². The van der Waals surface area contributed by atoms with Crippen molar-refractivity contribution in [3.05, 3.63) is 149 Å². The third-order valence-electron chi connectivity index (χ3n) is 8.96. The van der Waals surface area contributed by atoms with Crippen LogP contribution in [-0.4, -0.2) is 40.2 Å². The maximum absolute atomic E-state index is 8.55. The number of rotatable bonds is 3. The first kappa shape index (κ1) is 42.8. The summed E-state index contributed by atoms with van der Waals surface area (Å²) in [5.74, 6) is 0.761. The Morgan fingerprint density at radius 3 is 1.48 bits per heavy atom. The fourth-order valence-electron chi connectivity index (χ4n) is 6.19. The molecule has 0 unspecified atom stereocenters. The van der Waals surface area contributed by atoms with E-state index in [1.54, 1.807) is 17.7 Å². The Hall–Kier alpha value is -3.62. The molecule has 3 heterocycles. The average molecular weight is 765 g/mol. The summed E-state index contributed by atoms with van der Waals surface area (Å²) in [5, 5.41) is 20.5. The molecule has 0 spiro atoms. The second kappa shape index (κ2) is 20.0. The number of nitrogens with one attached hydrogen (secondary N) is 1. The molecule has 52 heavy (non-hydrogen) atoms. The van der Waals surface area contributed by atoms with Crippen LogP contribution in [0.15, 0.2) is 126 Å². The van der Waals surface area contributed by atoms with Crippen LogP contribution >= 0.6 is 15.9 Å². The SMILES string of the molecule is CC(C)(C)c1ccccc1-c1ccncc1.CC(C)(C)c1ccccc1Br.CC(C)(C)c1ccccc1C1CCNCC1.OB(O)c1ccncc1. The molecule has 0 saturated carbocycles. The van der Waals surface area contributed by atoms with E-state index < -0.39 is 7.12 Å². The van der Waals surface area contributed by atoms with Crippen LogP contribution < -0.4 is 10.8 Å². The second-order valence-electron chi connectivity index (χ2n) is 16.3. The number of pyridine rings is 2. The summed E-state index contributed by atoms with van der Waals surface area (Å²) < 4.78 is 1.20. The molecule has 0 bridgehead atoms. The summed E-state index contributed by atoms with van der Waals surface area (Å²) in [6.07, 6.45) is 9.27. The van der Waals surface area contributed by atoms with Crippen molar-refractivity contribution in [3.63, 3.8) is 0 Å². The van der Waals surface area contributed by atoms with Gasteiger partial charge in [-0.25, -0.2) is 0 Å². The number of nitrogens with zero attached hydrogens (tertiary/aromatic N) is 2. The first-order valence-electron chi connectivity index (χ1n) is 18.3. The van der Waals surface area contributed by atoms with E-state index in [2.05, 4.69) is 172 Å². The maximum atomic E-state index is 8.55. The van der Waals surface area contributed by atoms with E-state index in [1.807, 2.05) is 18.5 Å². The van der Waals surface area contributed by atoms with Crippen LogP contribution in [0, 0.1) is 0 Å². The lowest BCUT2D eigenvalue weighted by molar-refractivity contribution is 0.425. The van der Waals surface area contributed by atoms with Crippen LogP contribution in [0.25, 0.3) is 11.1 Å². The molecule has 6 rings (SSSR count). The minimum absolute atomic E-state index is 0.167. The molecule has 5 nitrogen and oxygen atoms in total. The molecule has 1 saturated heterocycles. The van der Waals surface area contributed by atoms with Crippen molar-refractivity contribution in [2.75, 3.05) is 13.1 Å². The smallest absolute Gasteiger partial charge is 0.423 e. The molecule has 3 N–H and O–H groups in total. The molecule has 0 amide bonds. The zero-order chi connectivity index (χ0) is 38.4. The Morgan fingerprint density at radius 1 is 0.577 bits per heavy atom. The number of halogens is 1. The van der Waals surface area contributed by atoms with Crippen LogP contribution in [0.4, 0.5) is 0 Å². The fourth-order valence-corrected chi connectivity index (χ4v) is 7.07. The number of benzene rings is 3. The summed E-state index contributed by atoms with van der Waals surface area (Å²) in [5.41, 5.74) is 9.52. The van der Waals surface area contributed by atoms with Crippen molar-refractivity contribution in [2.24, 2.45) is 0 Å². The molecular formula is C45H59BBrN3O2. The molecule has 2 aromatic heterocycles. The van der Waals surface area contributed by atoms with Gasteiger partial charge in [-0.1, -0.05) is 145 Å². The Labute approximate surface area is 322 Å². The topological polar surface area (TPSA) is 78.3 Å². The highest BCUT2D eigenvalue weighted by Gasteiger charge is 2.23. The van der Waals surface area contributed by atoms with Crippen LogP contribution in [0.3, 0.4) is 0 Å². The number of aromatic nitrogens is 2. The summed E-state index contributed by atoms with van der Waals surface area (Å²) in [7, 11) is -1.38. The number of hydrogen-bond donors (Lipinski definition) is 3. The normalized spacial score (nSPS) is 13.3. The third kappa shape index (κ3) is 13.7. The minimum Gasteiger partial charge on any atom is -0.423 e. The predicted octanol–water partition coefficient (Wildman–Crippen LogP) is 10.0. The molecule has 3 aromatic carbocycles. The first-order valence-corrected chi connectivity index (χ1v) is 19.1. The van der Waals surface area contributed by atoms with E-state index in [1.165, 1.54) is 70.6 Å². The average Bonchev–Trinajstić information content (AvgIpc) is 3.12. The van der Waals surface area contributed by atoms with Gasteiger partial charge in [0.05, 0.1) is 0 Å². The van der Waals surface area contributed by atoms with Gasteiger partial charge in [0, 0.05) is 29.3 Å². The lowest BCUT2D eigenvalue weighted by Gasteiger charge is -2.30. The third-order valence-corrected chi connectivity index (χ3v) is 9.65. The molecule has 0 atom stereocenters. The van der Waals surface area contributed by atoms with Gasteiger partial charge in [-0.2, -0.15) is 0 Å². The van der Waals surface area contributed by atoms with E-state index >= 15 is 0 Å². The molecule has 1 fully saturated rings. The van der Waals surface area contributed by atoms with Crippen molar-refractivity contribution >= 4 is 28.5 Å². The van der Waals surface area contributed by atoms with Crippen molar-refractivity contribution in [2.45, 2.75) is 97.3 Å². The first-order chi connectivity index (χ1) is 24.5. The van der Waals surface area contributed by atoms with Crippen LogP contribution in [0.5, 0.6) is 0 Å². The molecule has 0 aliphatic carbocycles. The van der Waals surface area contributed by atoms with Crippen LogP contribution in [-0.2, 0) is 16.2 Å². The van der Waals surface area contributed by atoms with Gasteiger partial charge in [0.25, 0.3) is 0 Å². The molecule has 7 heteroatoms. The summed E-state index contributed by atoms with van der Waals surface area (Å²) in [6.45, 7) is 22.7. The standard InChI is InChI=1S/C15H23N.C15H17N.C10H13Br.C5H6BNO2/c2*1-15(2,3)14-7-5-4-6-13(14)12-8-10-16-11-9-12;1-10(2,3)8-6-4-5-7-9(8)11;8-6(9)5-1-3-7-4-2-5/h4-7,12,16H,8-11H2,1-3H3;4-11H,1-3H3;4-7H,1-3H3;1-4,8-9H. The molecular weight excluding hydrogens is 705 g/mol. The molecule has 276 valence electrons. The monoisotopic (exact) mass is 763 g/mol. The van der Waals surface area contributed by atoms with Crippen LogP contribution in [0.2, 0.25) is 0 Å². The maximum Gasteiger partial charge on any atom is 0.488 e. The molecule has 5 aromatic rings. The Morgan fingerprint density at radius 2 is 1.02 bits per heavy atom. The van der Waals surface area contributed by atoms with Crippen LogP contribution in [0.1, 0.15) is 103 Å². The van der Waals surface area contributed by atoms with Gasteiger partial charge in [0.15, 0.2) is 0 Å².